The number of aromatic nitrogens is 3. The fraction of sp³-hybridized carbons (Fsp3) is 0.300. The number of hydrogen-bond acceptors (Lipinski definition) is 12. The van der Waals surface area contributed by atoms with E-state index in [1.165, 1.54) is 11.3 Å². The third kappa shape index (κ3) is 9.26. The van der Waals surface area contributed by atoms with Crippen LogP contribution < -0.4 is 25.8 Å². The van der Waals surface area contributed by atoms with E-state index in [1.807, 2.05) is 49.4 Å². The smallest absolute Gasteiger partial charge is 0.251 e. The highest BCUT2D eigenvalue weighted by Gasteiger charge is 2.28. The minimum absolute atomic E-state index is 0.226. The zero-order valence-corrected chi connectivity index (χ0v) is 30.1. The number of amides is 1. The van der Waals surface area contributed by atoms with Gasteiger partial charge in [-0.25, -0.2) is 0 Å². The maximum atomic E-state index is 13.0. The van der Waals surface area contributed by atoms with Crippen LogP contribution in [0.25, 0.3) is 0 Å². The standard InChI is InChI=1S/C40H44N8O5/c1-27(2)29-17-19-33(20-18-29)43-39-44-38(45-40(46-39)48-25-23-47(24-26-48)34-7-5-4-6-8-34)42-22-21-41-35(49)30-13-15-32(16-14-30)37-52-50-36(51-53-37)31-11-9-28(3)10-12-31/h4-20,27,36-37H,21-26H2,1-3H3,(H,41,49)(H2,42,43,44,45,46). The van der Waals surface area contributed by atoms with Crippen LogP contribution in [0.2, 0.25) is 0 Å². The van der Waals surface area contributed by atoms with Crippen molar-refractivity contribution in [2.45, 2.75) is 39.3 Å². The summed E-state index contributed by atoms with van der Waals surface area (Å²) in [5.74, 6) is 1.66. The molecule has 1 aromatic heterocycles. The molecule has 13 nitrogen and oxygen atoms in total. The van der Waals surface area contributed by atoms with Gasteiger partial charge in [0.1, 0.15) is 0 Å². The average molecular weight is 717 g/mol. The number of para-hydroxylation sites is 1. The molecular formula is C40H44N8O5. The van der Waals surface area contributed by atoms with E-state index in [1.54, 1.807) is 24.3 Å². The molecule has 0 unspecified atom stereocenters. The molecule has 274 valence electrons. The van der Waals surface area contributed by atoms with Crippen molar-refractivity contribution < 1.29 is 24.3 Å². The van der Waals surface area contributed by atoms with Crippen LogP contribution in [0, 0.1) is 6.92 Å². The predicted octanol–water partition coefficient (Wildman–Crippen LogP) is 6.82. The first-order valence-electron chi connectivity index (χ1n) is 17.9. The summed E-state index contributed by atoms with van der Waals surface area (Å²) in [7, 11) is 0. The highest BCUT2D eigenvalue weighted by atomic mass is 17.4. The van der Waals surface area contributed by atoms with Gasteiger partial charge in [-0.3, -0.25) is 4.79 Å². The fourth-order valence-electron chi connectivity index (χ4n) is 5.95. The Morgan fingerprint density at radius 2 is 1.28 bits per heavy atom. The molecule has 2 aliphatic rings. The molecule has 2 fully saturated rings. The Morgan fingerprint density at radius 3 is 1.91 bits per heavy atom. The van der Waals surface area contributed by atoms with Crippen molar-refractivity contribution >= 4 is 35.1 Å². The number of carbonyl (C=O) groups excluding carboxylic acids is 1. The lowest BCUT2D eigenvalue weighted by Crippen LogP contribution is -2.47. The van der Waals surface area contributed by atoms with Gasteiger partial charge in [0.15, 0.2) is 0 Å². The van der Waals surface area contributed by atoms with E-state index >= 15 is 0 Å². The third-order valence-corrected chi connectivity index (χ3v) is 9.09. The van der Waals surface area contributed by atoms with E-state index in [2.05, 4.69) is 81.0 Å². The van der Waals surface area contributed by atoms with Gasteiger partial charge in [0.2, 0.25) is 30.4 Å². The SMILES string of the molecule is Cc1ccc(C2OOC(c3ccc(C(=O)NCCNc4nc(Nc5ccc(C(C)C)cc5)nc(N5CCN(c6ccccc6)CC5)n4)cc3)OO2)cc1. The normalized spacial score (nSPS) is 17.4. The van der Waals surface area contributed by atoms with Gasteiger partial charge in [0.05, 0.1) is 0 Å². The largest absolute Gasteiger partial charge is 0.368 e. The zero-order chi connectivity index (χ0) is 36.6. The highest BCUT2D eigenvalue weighted by Crippen LogP contribution is 2.32. The van der Waals surface area contributed by atoms with E-state index in [0.29, 0.717) is 48.0 Å². The van der Waals surface area contributed by atoms with Gasteiger partial charge < -0.3 is 25.8 Å². The molecular weight excluding hydrogens is 672 g/mol. The number of hydrogen-bond donors (Lipinski definition) is 3. The molecule has 0 bridgehead atoms. The van der Waals surface area contributed by atoms with Crippen molar-refractivity contribution in [3.8, 4) is 0 Å². The molecule has 0 radical (unpaired) electrons. The van der Waals surface area contributed by atoms with Crippen LogP contribution in [-0.4, -0.2) is 60.1 Å². The summed E-state index contributed by atoms with van der Waals surface area (Å²) in [6.07, 6.45) is -1.69. The number of anilines is 5. The van der Waals surface area contributed by atoms with Gasteiger partial charge in [0.25, 0.3) is 5.91 Å². The number of aryl methyl sites for hydroxylation is 1. The minimum Gasteiger partial charge on any atom is -0.368 e. The Labute approximate surface area is 309 Å². The Kier molecular flexibility index (Phi) is 11.4. The Bertz CT molecular complexity index is 1930. The topological polar surface area (TPSA) is 135 Å². The van der Waals surface area contributed by atoms with Gasteiger partial charge in [-0.05, 0) is 54.8 Å². The highest BCUT2D eigenvalue weighted by molar-refractivity contribution is 5.94. The maximum absolute atomic E-state index is 13.0. The van der Waals surface area contributed by atoms with E-state index in [0.717, 1.165) is 43.0 Å². The number of nitrogens with zero attached hydrogens (tertiary/aromatic N) is 5. The lowest BCUT2D eigenvalue weighted by molar-refractivity contribution is -0.600. The number of piperazine rings is 1. The van der Waals surface area contributed by atoms with Crippen LogP contribution in [0.4, 0.5) is 29.2 Å². The summed E-state index contributed by atoms with van der Waals surface area (Å²) in [5.41, 5.74) is 6.36. The quantitative estimate of drug-likeness (QED) is 0.0924. The second kappa shape index (κ2) is 16.8. The van der Waals surface area contributed by atoms with Crippen molar-refractivity contribution in [1.82, 2.24) is 20.3 Å². The summed E-state index contributed by atoms with van der Waals surface area (Å²) < 4.78 is 0. The second-order valence-corrected chi connectivity index (χ2v) is 13.3. The molecule has 0 spiro atoms. The third-order valence-electron chi connectivity index (χ3n) is 9.09. The molecule has 0 aliphatic carbocycles. The molecule has 0 atom stereocenters. The molecule has 2 saturated heterocycles. The summed E-state index contributed by atoms with van der Waals surface area (Å²) in [4.78, 5) is 53.4. The van der Waals surface area contributed by atoms with Gasteiger partial charge in [-0.2, -0.15) is 34.5 Å². The van der Waals surface area contributed by atoms with E-state index in [9.17, 15) is 4.79 Å². The van der Waals surface area contributed by atoms with Crippen molar-refractivity contribution in [1.29, 1.82) is 0 Å². The van der Waals surface area contributed by atoms with Crippen molar-refractivity contribution in [2.24, 2.45) is 0 Å². The van der Waals surface area contributed by atoms with Gasteiger partial charge in [0, 0.05) is 67.3 Å². The summed E-state index contributed by atoms with van der Waals surface area (Å²) in [5, 5.41) is 9.57. The minimum atomic E-state index is -0.894. The molecule has 0 saturated carbocycles. The molecule has 2 aliphatic heterocycles. The first kappa shape index (κ1) is 35.8. The Balaban J connectivity index is 0.937. The average Bonchev–Trinajstić information content (AvgIpc) is 3.20. The van der Waals surface area contributed by atoms with Gasteiger partial charge >= 0.3 is 0 Å². The van der Waals surface area contributed by atoms with E-state index < -0.39 is 12.6 Å². The van der Waals surface area contributed by atoms with E-state index in [4.69, 9.17) is 29.5 Å². The molecule has 7 rings (SSSR count). The van der Waals surface area contributed by atoms with Crippen LogP contribution in [-0.2, 0) is 19.6 Å². The first-order chi connectivity index (χ1) is 25.9. The second-order valence-electron chi connectivity index (χ2n) is 13.3. The van der Waals surface area contributed by atoms with Crippen LogP contribution in [0.1, 0.15) is 65.0 Å². The molecule has 5 aromatic rings. The van der Waals surface area contributed by atoms with E-state index in [-0.39, 0.29) is 5.91 Å². The molecule has 13 heteroatoms. The number of benzene rings is 4. The Morgan fingerprint density at radius 1 is 0.698 bits per heavy atom. The monoisotopic (exact) mass is 716 g/mol. The number of nitrogens with one attached hydrogen (secondary N) is 3. The number of carbonyl (C=O) groups is 1. The molecule has 3 N–H and O–H groups in total. The fourth-order valence-corrected chi connectivity index (χ4v) is 5.95. The van der Waals surface area contributed by atoms with Crippen molar-refractivity contribution in [3.63, 3.8) is 0 Å². The van der Waals surface area contributed by atoms with Crippen molar-refractivity contribution in [3.05, 3.63) is 131 Å². The lowest BCUT2D eigenvalue weighted by atomic mass is 10.0. The zero-order valence-electron chi connectivity index (χ0n) is 30.1. The maximum Gasteiger partial charge on any atom is 0.251 e. The van der Waals surface area contributed by atoms with Crippen LogP contribution in [0.15, 0.2) is 103 Å². The summed E-state index contributed by atoms with van der Waals surface area (Å²) >= 11 is 0. The predicted molar refractivity (Wildman–Crippen MR) is 203 cm³/mol. The first-order valence-corrected chi connectivity index (χ1v) is 17.9. The molecule has 53 heavy (non-hydrogen) atoms. The molecule has 4 aromatic carbocycles. The summed E-state index contributed by atoms with van der Waals surface area (Å²) in [6.45, 7) is 10.3. The van der Waals surface area contributed by atoms with Crippen LogP contribution in [0.5, 0.6) is 0 Å². The Hall–Kier alpha value is -5.60. The molecule has 1 amide bonds. The summed E-state index contributed by atoms with van der Waals surface area (Å²) in [6, 6.07) is 33.2. The van der Waals surface area contributed by atoms with Gasteiger partial charge in [-0.15, -0.1) is 0 Å². The van der Waals surface area contributed by atoms with Crippen LogP contribution in [0.3, 0.4) is 0 Å². The lowest BCUT2D eigenvalue weighted by Gasteiger charge is -2.36. The van der Waals surface area contributed by atoms with Crippen LogP contribution >= 0.6 is 0 Å². The number of rotatable bonds is 12. The molecule has 3 heterocycles. The van der Waals surface area contributed by atoms with Crippen molar-refractivity contribution in [2.75, 3.05) is 59.7 Å². The van der Waals surface area contributed by atoms with Gasteiger partial charge in [-0.1, -0.05) is 86.1 Å².